The van der Waals surface area contributed by atoms with Crippen molar-refractivity contribution in [3.8, 4) is 11.1 Å². The summed E-state index contributed by atoms with van der Waals surface area (Å²) in [5.41, 5.74) is 8.76. The van der Waals surface area contributed by atoms with E-state index in [0.717, 1.165) is 0 Å². The highest BCUT2D eigenvalue weighted by Gasteiger charge is 2.24. The van der Waals surface area contributed by atoms with Crippen molar-refractivity contribution in [1.82, 2.24) is 0 Å². The van der Waals surface area contributed by atoms with Crippen LogP contribution in [-0.2, 0) is 12.8 Å². The number of rotatable bonds is 6. The topological polar surface area (TPSA) is 0 Å². The standard InChI is InChI=1S/C21H24Br/c1-3-5-10-17-18(11-6-4-2)21(22)14-20-16-12-8-7-9-15(16)13-19(17)20/h7-9,12-14H,3-6,10-11H2,1-2H3. The summed E-state index contributed by atoms with van der Waals surface area (Å²) in [6.45, 7) is 4.55. The van der Waals surface area contributed by atoms with Crippen molar-refractivity contribution in [2.24, 2.45) is 0 Å². The van der Waals surface area contributed by atoms with Gasteiger partial charge in [0.2, 0.25) is 0 Å². The smallest absolute Gasteiger partial charge is 0.0216 e. The monoisotopic (exact) mass is 355 g/mol. The molecule has 115 valence electrons. The lowest BCUT2D eigenvalue weighted by Gasteiger charge is -2.17. The van der Waals surface area contributed by atoms with Gasteiger partial charge in [-0.1, -0.05) is 66.9 Å². The minimum atomic E-state index is 1.19. The zero-order valence-corrected chi connectivity index (χ0v) is 15.2. The molecular formula is C21H24Br. The van der Waals surface area contributed by atoms with Crippen molar-refractivity contribution >= 4 is 15.9 Å². The molecule has 0 nitrogen and oxygen atoms in total. The van der Waals surface area contributed by atoms with E-state index in [1.54, 1.807) is 5.56 Å². The summed E-state index contributed by atoms with van der Waals surface area (Å²) in [6.07, 6.45) is 9.82. The van der Waals surface area contributed by atoms with E-state index < -0.39 is 0 Å². The second-order valence-electron chi connectivity index (χ2n) is 6.22. The van der Waals surface area contributed by atoms with E-state index in [1.165, 1.54) is 70.8 Å². The molecule has 0 amide bonds. The van der Waals surface area contributed by atoms with Crippen LogP contribution in [0.25, 0.3) is 11.1 Å². The Morgan fingerprint density at radius 3 is 2.27 bits per heavy atom. The third-order valence-electron chi connectivity index (χ3n) is 4.65. The average molecular weight is 356 g/mol. The first-order chi connectivity index (χ1) is 10.8. The summed E-state index contributed by atoms with van der Waals surface area (Å²) in [7, 11) is 0. The number of unbranched alkanes of at least 4 members (excludes halogenated alkanes) is 2. The van der Waals surface area contributed by atoms with Crippen molar-refractivity contribution < 1.29 is 0 Å². The fourth-order valence-corrected chi connectivity index (χ4v) is 4.10. The molecule has 1 heteroatoms. The SMILES string of the molecule is CCCCc1c(Br)cc2c(c1CCCC)[CH]c1ccccc1-2. The number of fused-ring (bicyclic) bond motifs is 3. The number of benzene rings is 2. The van der Waals surface area contributed by atoms with Crippen LogP contribution in [0.15, 0.2) is 34.8 Å². The lowest BCUT2D eigenvalue weighted by Crippen LogP contribution is -2.01. The van der Waals surface area contributed by atoms with Gasteiger partial charge >= 0.3 is 0 Å². The molecule has 3 rings (SSSR count). The van der Waals surface area contributed by atoms with E-state index in [1.807, 2.05) is 0 Å². The minimum absolute atomic E-state index is 1.19. The van der Waals surface area contributed by atoms with Crippen molar-refractivity contribution in [1.29, 1.82) is 0 Å². The first kappa shape index (κ1) is 15.8. The van der Waals surface area contributed by atoms with Crippen LogP contribution in [0, 0.1) is 6.42 Å². The molecule has 1 aliphatic carbocycles. The van der Waals surface area contributed by atoms with Crippen LogP contribution in [0.3, 0.4) is 0 Å². The summed E-state index contributed by atoms with van der Waals surface area (Å²) in [5, 5.41) is 0. The molecule has 0 spiro atoms. The van der Waals surface area contributed by atoms with Crippen molar-refractivity contribution in [3.05, 3.63) is 63.5 Å². The highest BCUT2D eigenvalue weighted by molar-refractivity contribution is 9.10. The Morgan fingerprint density at radius 1 is 0.864 bits per heavy atom. The lowest BCUT2D eigenvalue weighted by atomic mass is 9.90. The molecule has 0 saturated carbocycles. The van der Waals surface area contributed by atoms with E-state index in [9.17, 15) is 0 Å². The molecule has 0 bridgehead atoms. The largest absolute Gasteiger partial charge is 0.0654 e. The predicted molar refractivity (Wildman–Crippen MR) is 99.3 cm³/mol. The Labute approximate surface area is 143 Å². The molecule has 0 atom stereocenters. The van der Waals surface area contributed by atoms with Crippen LogP contribution in [0.4, 0.5) is 0 Å². The second-order valence-corrected chi connectivity index (χ2v) is 7.07. The maximum atomic E-state index is 3.86. The number of halogens is 1. The zero-order chi connectivity index (χ0) is 15.5. The fraction of sp³-hybridized carbons (Fsp3) is 0.381. The van der Waals surface area contributed by atoms with Gasteiger partial charge in [-0.05, 0) is 65.1 Å². The molecule has 2 aromatic carbocycles. The fourth-order valence-electron chi connectivity index (χ4n) is 3.44. The Bertz CT molecular complexity index is 670. The van der Waals surface area contributed by atoms with Crippen molar-refractivity contribution in [2.45, 2.75) is 52.4 Å². The van der Waals surface area contributed by atoms with Gasteiger partial charge in [-0.2, -0.15) is 0 Å². The predicted octanol–water partition coefficient (Wildman–Crippen LogP) is 6.72. The molecule has 0 fully saturated rings. The Hall–Kier alpha value is -1.08. The van der Waals surface area contributed by atoms with Gasteiger partial charge in [-0.15, -0.1) is 0 Å². The molecule has 0 saturated heterocycles. The highest BCUT2D eigenvalue weighted by atomic mass is 79.9. The first-order valence-corrected chi connectivity index (χ1v) is 9.34. The molecular weight excluding hydrogens is 332 g/mol. The Kier molecular flexibility index (Phi) is 5.03. The first-order valence-electron chi connectivity index (χ1n) is 8.54. The summed E-state index contributed by atoms with van der Waals surface area (Å²) >= 11 is 3.86. The van der Waals surface area contributed by atoms with Crippen LogP contribution in [-0.4, -0.2) is 0 Å². The molecule has 1 radical (unpaired) electrons. The summed E-state index contributed by atoms with van der Waals surface area (Å²) < 4.78 is 1.30. The maximum absolute atomic E-state index is 3.86. The van der Waals surface area contributed by atoms with Crippen LogP contribution < -0.4 is 0 Å². The number of hydrogen-bond acceptors (Lipinski definition) is 0. The normalized spacial score (nSPS) is 12.3. The van der Waals surface area contributed by atoms with E-state index in [2.05, 4.69) is 66.5 Å². The van der Waals surface area contributed by atoms with Gasteiger partial charge in [0.1, 0.15) is 0 Å². The highest BCUT2D eigenvalue weighted by Crippen LogP contribution is 2.43. The Balaban J connectivity index is 2.10. The third-order valence-corrected chi connectivity index (χ3v) is 5.36. The average Bonchev–Trinajstić information content (AvgIpc) is 2.89. The summed E-state index contributed by atoms with van der Waals surface area (Å²) in [5.74, 6) is 0. The van der Waals surface area contributed by atoms with Gasteiger partial charge in [-0.25, -0.2) is 0 Å². The van der Waals surface area contributed by atoms with Crippen LogP contribution in [0.1, 0.15) is 61.8 Å². The van der Waals surface area contributed by atoms with Crippen LogP contribution >= 0.6 is 15.9 Å². The molecule has 0 heterocycles. The molecule has 0 aromatic heterocycles. The second kappa shape index (κ2) is 7.00. The van der Waals surface area contributed by atoms with Crippen LogP contribution in [0.5, 0.6) is 0 Å². The maximum Gasteiger partial charge on any atom is 0.0216 e. The zero-order valence-electron chi connectivity index (χ0n) is 13.6. The van der Waals surface area contributed by atoms with Crippen LogP contribution in [0.2, 0.25) is 0 Å². The van der Waals surface area contributed by atoms with Gasteiger partial charge in [0.05, 0.1) is 0 Å². The van der Waals surface area contributed by atoms with Gasteiger partial charge < -0.3 is 0 Å². The number of hydrogen-bond donors (Lipinski definition) is 0. The van der Waals surface area contributed by atoms with Gasteiger partial charge in [-0.3, -0.25) is 0 Å². The van der Waals surface area contributed by atoms with E-state index >= 15 is 0 Å². The molecule has 22 heavy (non-hydrogen) atoms. The minimum Gasteiger partial charge on any atom is -0.0654 e. The lowest BCUT2D eigenvalue weighted by molar-refractivity contribution is 0.754. The van der Waals surface area contributed by atoms with Gasteiger partial charge in [0, 0.05) is 10.9 Å². The molecule has 0 N–H and O–H groups in total. The summed E-state index contributed by atoms with van der Waals surface area (Å²) in [4.78, 5) is 0. The third kappa shape index (κ3) is 2.88. The quantitative estimate of drug-likeness (QED) is 0.460. The van der Waals surface area contributed by atoms with Crippen molar-refractivity contribution in [2.75, 3.05) is 0 Å². The van der Waals surface area contributed by atoms with Crippen molar-refractivity contribution in [3.63, 3.8) is 0 Å². The molecule has 2 aromatic rings. The van der Waals surface area contributed by atoms with E-state index in [4.69, 9.17) is 0 Å². The van der Waals surface area contributed by atoms with Gasteiger partial charge in [0.15, 0.2) is 0 Å². The molecule has 0 unspecified atom stereocenters. The molecule has 0 aliphatic heterocycles. The van der Waals surface area contributed by atoms with E-state index in [0.29, 0.717) is 0 Å². The summed E-state index contributed by atoms with van der Waals surface area (Å²) in [6, 6.07) is 11.1. The Morgan fingerprint density at radius 2 is 1.55 bits per heavy atom. The van der Waals surface area contributed by atoms with Gasteiger partial charge in [0.25, 0.3) is 0 Å². The van der Waals surface area contributed by atoms with E-state index in [-0.39, 0.29) is 0 Å². The molecule has 1 aliphatic rings.